The van der Waals surface area contributed by atoms with Crippen LogP contribution in [0.1, 0.15) is 6.92 Å². The van der Waals surface area contributed by atoms with Gasteiger partial charge in [0, 0.05) is 19.6 Å². The van der Waals surface area contributed by atoms with Gasteiger partial charge in [-0.3, -0.25) is 4.79 Å². The van der Waals surface area contributed by atoms with Crippen LogP contribution >= 0.6 is 0 Å². The van der Waals surface area contributed by atoms with E-state index in [0.717, 1.165) is 0 Å². The fraction of sp³-hybridized carbons (Fsp3) is 0.900. The maximum Gasteiger partial charge on any atom is 0.411 e. The van der Waals surface area contributed by atoms with Crippen LogP contribution in [0.4, 0.5) is 13.2 Å². The third kappa shape index (κ3) is 6.18. The first-order valence-electron chi connectivity index (χ1n) is 5.57. The van der Waals surface area contributed by atoms with Crippen LogP contribution in [-0.4, -0.2) is 57.1 Å². The minimum Gasteiger partial charge on any atom is -0.370 e. The second kappa shape index (κ2) is 6.35. The quantitative estimate of drug-likeness (QED) is 0.642. The van der Waals surface area contributed by atoms with Crippen LogP contribution in [0.5, 0.6) is 0 Å². The smallest absolute Gasteiger partial charge is 0.370 e. The van der Waals surface area contributed by atoms with E-state index in [1.54, 1.807) is 0 Å². The molecule has 1 heterocycles. The second-order valence-electron chi connectivity index (χ2n) is 4.36. The van der Waals surface area contributed by atoms with Crippen molar-refractivity contribution in [3.8, 4) is 0 Å². The Bertz CT molecular complexity index is 280. The maximum atomic E-state index is 11.7. The van der Waals surface area contributed by atoms with Crippen LogP contribution in [0, 0.1) is 0 Å². The number of nitrogens with one attached hydrogen (secondary N) is 2. The Morgan fingerprint density at radius 2 is 2.11 bits per heavy atom. The van der Waals surface area contributed by atoms with Gasteiger partial charge >= 0.3 is 6.18 Å². The number of amides is 1. The van der Waals surface area contributed by atoms with Crippen LogP contribution in [0.15, 0.2) is 0 Å². The molecule has 0 aliphatic carbocycles. The van der Waals surface area contributed by atoms with Crippen LogP contribution in [-0.2, 0) is 14.3 Å². The molecule has 1 saturated heterocycles. The molecule has 0 aromatic heterocycles. The number of hydrogen-bond acceptors (Lipinski definition) is 4. The topological polar surface area (TPSA) is 59.6 Å². The molecule has 0 unspecified atom stereocenters. The molecule has 0 bridgehead atoms. The van der Waals surface area contributed by atoms with Crippen molar-refractivity contribution >= 4 is 5.91 Å². The van der Waals surface area contributed by atoms with Crippen molar-refractivity contribution in [2.75, 3.05) is 39.5 Å². The zero-order chi connectivity index (χ0) is 13.6. The SMILES string of the molecule is CC1(OCC(=O)NCCOCC(F)(F)F)CNC1. The summed E-state index contributed by atoms with van der Waals surface area (Å²) in [5, 5.41) is 5.43. The predicted octanol–water partition coefficient (Wildman–Crippen LogP) is 0.0600. The van der Waals surface area contributed by atoms with E-state index in [0.29, 0.717) is 13.1 Å². The van der Waals surface area contributed by atoms with Crippen LogP contribution < -0.4 is 10.6 Å². The highest BCUT2D eigenvalue weighted by molar-refractivity contribution is 5.77. The van der Waals surface area contributed by atoms with Gasteiger partial charge in [-0.05, 0) is 6.92 Å². The van der Waals surface area contributed by atoms with Gasteiger partial charge in [0.15, 0.2) is 0 Å². The lowest BCUT2D eigenvalue weighted by Crippen LogP contribution is -2.59. The second-order valence-corrected chi connectivity index (χ2v) is 4.36. The highest BCUT2D eigenvalue weighted by Crippen LogP contribution is 2.15. The van der Waals surface area contributed by atoms with Gasteiger partial charge in [0.05, 0.1) is 12.2 Å². The lowest BCUT2D eigenvalue weighted by molar-refractivity contribution is -0.173. The molecule has 0 spiro atoms. The number of carbonyl (C=O) groups excluding carboxylic acids is 1. The molecule has 1 amide bonds. The molecule has 1 rings (SSSR count). The Kier molecular flexibility index (Phi) is 5.36. The van der Waals surface area contributed by atoms with E-state index in [9.17, 15) is 18.0 Å². The molecule has 1 fully saturated rings. The molecule has 1 aliphatic heterocycles. The van der Waals surface area contributed by atoms with E-state index in [4.69, 9.17) is 4.74 Å². The Balaban J connectivity index is 1.97. The van der Waals surface area contributed by atoms with Gasteiger partial charge in [0.2, 0.25) is 5.91 Å². The van der Waals surface area contributed by atoms with Crippen molar-refractivity contribution in [2.45, 2.75) is 18.7 Å². The normalized spacial score (nSPS) is 18.2. The zero-order valence-corrected chi connectivity index (χ0v) is 10.1. The number of halogens is 3. The van der Waals surface area contributed by atoms with E-state index in [-0.39, 0.29) is 31.3 Å². The standard InChI is InChI=1S/C10H17F3N2O3/c1-9(5-14-6-9)18-4-8(16)15-2-3-17-7-10(11,12)13/h14H,2-7H2,1H3,(H,15,16). The Morgan fingerprint density at radius 1 is 1.44 bits per heavy atom. The maximum absolute atomic E-state index is 11.7. The molecule has 2 N–H and O–H groups in total. The summed E-state index contributed by atoms with van der Waals surface area (Å²) in [7, 11) is 0. The summed E-state index contributed by atoms with van der Waals surface area (Å²) in [6.45, 7) is 1.71. The minimum absolute atomic E-state index is 0.0350. The predicted molar refractivity (Wildman–Crippen MR) is 57.1 cm³/mol. The number of alkyl halides is 3. The highest BCUT2D eigenvalue weighted by atomic mass is 19.4. The van der Waals surface area contributed by atoms with Crippen molar-refractivity contribution in [2.24, 2.45) is 0 Å². The molecule has 0 aromatic rings. The minimum atomic E-state index is -4.33. The molecular weight excluding hydrogens is 253 g/mol. The summed E-state index contributed by atoms with van der Waals surface area (Å²) in [5.74, 6) is -0.362. The summed E-state index contributed by atoms with van der Waals surface area (Å²) in [5.41, 5.74) is -0.315. The summed E-state index contributed by atoms with van der Waals surface area (Å²) in [6, 6.07) is 0. The third-order valence-electron chi connectivity index (χ3n) is 2.38. The average Bonchev–Trinajstić information content (AvgIpc) is 2.21. The van der Waals surface area contributed by atoms with Crippen molar-refractivity contribution in [1.82, 2.24) is 10.6 Å². The van der Waals surface area contributed by atoms with Crippen molar-refractivity contribution in [3.05, 3.63) is 0 Å². The summed E-state index contributed by atoms with van der Waals surface area (Å²) in [6.07, 6.45) is -4.33. The number of ether oxygens (including phenoxy) is 2. The summed E-state index contributed by atoms with van der Waals surface area (Å²) in [4.78, 5) is 11.3. The zero-order valence-electron chi connectivity index (χ0n) is 10.1. The molecule has 0 aromatic carbocycles. The first-order valence-corrected chi connectivity index (χ1v) is 5.57. The lowest BCUT2D eigenvalue weighted by Gasteiger charge is -2.38. The van der Waals surface area contributed by atoms with Gasteiger partial charge in [-0.25, -0.2) is 0 Å². The monoisotopic (exact) mass is 270 g/mol. The van der Waals surface area contributed by atoms with Crippen molar-refractivity contribution in [1.29, 1.82) is 0 Å². The molecular formula is C10H17F3N2O3. The third-order valence-corrected chi connectivity index (χ3v) is 2.38. The van der Waals surface area contributed by atoms with Gasteiger partial charge in [-0.2, -0.15) is 13.2 Å². The van der Waals surface area contributed by atoms with Gasteiger partial charge in [-0.1, -0.05) is 0 Å². The van der Waals surface area contributed by atoms with E-state index >= 15 is 0 Å². The van der Waals surface area contributed by atoms with Crippen molar-refractivity contribution < 1.29 is 27.4 Å². The molecule has 106 valence electrons. The molecule has 8 heteroatoms. The lowest BCUT2D eigenvalue weighted by atomic mass is 10.0. The fourth-order valence-corrected chi connectivity index (χ4v) is 1.32. The van der Waals surface area contributed by atoms with Crippen LogP contribution in [0.3, 0.4) is 0 Å². The van der Waals surface area contributed by atoms with Crippen LogP contribution in [0.25, 0.3) is 0 Å². The Morgan fingerprint density at radius 3 is 2.61 bits per heavy atom. The number of carbonyl (C=O) groups is 1. The number of rotatable bonds is 7. The van der Waals surface area contributed by atoms with E-state index < -0.39 is 12.8 Å². The van der Waals surface area contributed by atoms with Gasteiger partial charge in [0.1, 0.15) is 13.2 Å². The van der Waals surface area contributed by atoms with E-state index in [1.165, 1.54) is 0 Å². The van der Waals surface area contributed by atoms with Crippen LogP contribution in [0.2, 0.25) is 0 Å². The molecule has 1 aliphatic rings. The first-order chi connectivity index (χ1) is 8.31. The molecule has 0 saturated carbocycles. The molecule has 18 heavy (non-hydrogen) atoms. The summed E-state index contributed by atoms with van der Waals surface area (Å²) >= 11 is 0. The molecule has 0 atom stereocenters. The first kappa shape index (κ1) is 15.2. The van der Waals surface area contributed by atoms with Gasteiger partial charge in [0.25, 0.3) is 0 Å². The highest BCUT2D eigenvalue weighted by Gasteiger charge is 2.33. The van der Waals surface area contributed by atoms with Gasteiger partial charge in [-0.15, -0.1) is 0 Å². The average molecular weight is 270 g/mol. The van der Waals surface area contributed by atoms with E-state index in [1.807, 2.05) is 6.92 Å². The van der Waals surface area contributed by atoms with E-state index in [2.05, 4.69) is 15.4 Å². The van der Waals surface area contributed by atoms with Gasteiger partial charge < -0.3 is 20.1 Å². The Labute approximate surface area is 103 Å². The molecule has 0 radical (unpaired) electrons. The largest absolute Gasteiger partial charge is 0.411 e. The molecule has 5 nitrogen and oxygen atoms in total. The Hall–Kier alpha value is -0.860. The summed E-state index contributed by atoms with van der Waals surface area (Å²) < 4.78 is 44.8. The number of hydrogen-bond donors (Lipinski definition) is 2. The fourth-order valence-electron chi connectivity index (χ4n) is 1.32. The van der Waals surface area contributed by atoms with Crippen molar-refractivity contribution in [3.63, 3.8) is 0 Å².